The van der Waals surface area contributed by atoms with Crippen LogP contribution in [0.1, 0.15) is 59.3 Å². The van der Waals surface area contributed by atoms with Crippen molar-refractivity contribution in [1.82, 2.24) is 10.2 Å². The van der Waals surface area contributed by atoms with Gasteiger partial charge < -0.3 is 10.2 Å². The molecule has 0 amide bonds. The Balaban J connectivity index is 2.32. The summed E-state index contributed by atoms with van der Waals surface area (Å²) < 4.78 is 0. The molecule has 2 heteroatoms. The number of hydrogen-bond acceptors (Lipinski definition) is 2. The van der Waals surface area contributed by atoms with E-state index < -0.39 is 0 Å². The average molecular weight is 254 g/mol. The summed E-state index contributed by atoms with van der Waals surface area (Å²) >= 11 is 0. The molecule has 1 saturated carbocycles. The molecule has 0 saturated heterocycles. The van der Waals surface area contributed by atoms with Crippen molar-refractivity contribution >= 4 is 0 Å². The lowest BCUT2D eigenvalue weighted by molar-refractivity contribution is 0.196. The molecular weight excluding hydrogens is 220 g/mol. The summed E-state index contributed by atoms with van der Waals surface area (Å²) in [6, 6.07) is 0.661. The highest BCUT2D eigenvalue weighted by Crippen LogP contribution is 2.24. The zero-order valence-corrected chi connectivity index (χ0v) is 13.0. The summed E-state index contributed by atoms with van der Waals surface area (Å²) in [5.74, 6) is 1.74. The molecule has 0 radical (unpaired) electrons. The Morgan fingerprint density at radius 3 is 2.39 bits per heavy atom. The number of nitrogens with one attached hydrogen (secondary N) is 1. The van der Waals surface area contributed by atoms with Crippen LogP contribution in [0.2, 0.25) is 0 Å². The predicted octanol–water partition coefficient (Wildman–Crippen LogP) is 3.52. The van der Waals surface area contributed by atoms with Crippen molar-refractivity contribution in [1.29, 1.82) is 0 Å². The molecule has 1 aliphatic rings. The van der Waals surface area contributed by atoms with Gasteiger partial charge in [0, 0.05) is 19.1 Å². The van der Waals surface area contributed by atoms with Gasteiger partial charge in [-0.2, -0.15) is 0 Å². The van der Waals surface area contributed by atoms with E-state index in [1.807, 2.05) is 0 Å². The molecule has 1 N–H and O–H groups in total. The quantitative estimate of drug-likeness (QED) is 0.713. The van der Waals surface area contributed by atoms with Crippen LogP contribution >= 0.6 is 0 Å². The van der Waals surface area contributed by atoms with Gasteiger partial charge in [-0.05, 0) is 38.3 Å². The van der Waals surface area contributed by atoms with Gasteiger partial charge >= 0.3 is 0 Å². The summed E-state index contributed by atoms with van der Waals surface area (Å²) in [6.07, 6.45) is 8.57. The van der Waals surface area contributed by atoms with Crippen molar-refractivity contribution in [2.24, 2.45) is 11.8 Å². The molecular formula is C16H34N2. The highest BCUT2D eigenvalue weighted by molar-refractivity contribution is 4.77. The van der Waals surface area contributed by atoms with E-state index in [0.717, 1.165) is 18.4 Å². The second-order valence-corrected chi connectivity index (χ2v) is 6.27. The van der Waals surface area contributed by atoms with Crippen LogP contribution in [0, 0.1) is 11.8 Å². The highest BCUT2D eigenvalue weighted by Gasteiger charge is 2.20. The third kappa shape index (κ3) is 5.71. The minimum atomic E-state index is 0.661. The maximum Gasteiger partial charge on any atom is 0.0220 e. The Kier molecular flexibility index (Phi) is 7.92. The first-order valence-corrected chi connectivity index (χ1v) is 8.09. The van der Waals surface area contributed by atoms with Crippen molar-refractivity contribution in [2.75, 3.05) is 26.7 Å². The molecule has 2 atom stereocenters. The van der Waals surface area contributed by atoms with Crippen molar-refractivity contribution in [3.63, 3.8) is 0 Å². The molecule has 1 fully saturated rings. The predicted molar refractivity (Wildman–Crippen MR) is 81.0 cm³/mol. The van der Waals surface area contributed by atoms with Crippen LogP contribution in [0.25, 0.3) is 0 Å². The Morgan fingerprint density at radius 1 is 1.17 bits per heavy atom. The lowest BCUT2D eigenvalue weighted by atomic mass is 9.88. The number of nitrogens with zero attached hydrogens (tertiary/aromatic N) is 1. The molecule has 2 nitrogen and oxygen atoms in total. The van der Waals surface area contributed by atoms with E-state index in [9.17, 15) is 0 Å². The fraction of sp³-hybridized carbons (Fsp3) is 1.00. The summed E-state index contributed by atoms with van der Waals surface area (Å²) in [5, 5.41) is 3.66. The monoisotopic (exact) mass is 254 g/mol. The Morgan fingerprint density at radius 2 is 1.83 bits per heavy atom. The van der Waals surface area contributed by atoms with Crippen molar-refractivity contribution in [2.45, 2.75) is 65.3 Å². The van der Waals surface area contributed by atoms with Crippen molar-refractivity contribution in [3.05, 3.63) is 0 Å². The van der Waals surface area contributed by atoms with Crippen molar-refractivity contribution < 1.29 is 0 Å². The third-order valence-electron chi connectivity index (χ3n) is 4.60. The maximum absolute atomic E-state index is 3.66. The molecule has 0 spiro atoms. The summed E-state index contributed by atoms with van der Waals surface area (Å²) in [6.45, 7) is 10.5. The average Bonchev–Trinajstić information content (AvgIpc) is 2.38. The molecule has 0 heterocycles. The molecule has 0 bridgehead atoms. The van der Waals surface area contributed by atoms with E-state index >= 15 is 0 Å². The fourth-order valence-electron chi connectivity index (χ4n) is 3.21. The van der Waals surface area contributed by atoms with Gasteiger partial charge in [-0.1, -0.05) is 46.5 Å². The van der Waals surface area contributed by atoms with E-state index in [1.165, 1.54) is 51.6 Å². The second kappa shape index (κ2) is 8.92. The first-order valence-electron chi connectivity index (χ1n) is 8.09. The molecule has 18 heavy (non-hydrogen) atoms. The minimum Gasteiger partial charge on any atom is -0.313 e. The zero-order chi connectivity index (χ0) is 13.4. The Hall–Kier alpha value is -0.0800. The number of likely N-dealkylation sites (N-methyl/N-ethyl adjacent to an activating group) is 2. The topological polar surface area (TPSA) is 15.3 Å². The minimum absolute atomic E-state index is 0.661. The van der Waals surface area contributed by atoms with Gasteiger partial charge in [0.1, 0.15) is 0 Å². The number of hydrogen-bond donors (Lipinski definition) is 1. The van der Waals surface area contributed by atoms with Crippen LogP contribution in [-0.4, -0.2) is 37.6 Å². The summed E-state index contributed by atoms with van der Waals surface area (Å²) in [4.78, 5) is 2.56. The zero-order valence-electron chi connectivity index (χ0n) is 13.0. The van der Waals surface area contributed by atoms with Gasteiger partial charge in [0.25, 0.3) is 0 Å². The van der Waals surface area contributed by atoms with Crippen LogP contribution in [0.15, 0.2) is 0 Å². The van der Waals surface area contributed by atoms with Gasteiger partial charge in [-0.15, -0.1) is 0 Å². The molecule has 2 unspecified atom stereocenters. The van der Waals surface area contributed by atoms with Gasteiger partial charge in [-0.25, -0.2) is 0 Å². The van der Waals surface area contributed by atoms with E-state index in [2.05, 4.69) is 38.0 Å². The highest BCUT2D eigenvalue weighted by atomic mass is 15.1. The van der Waals surface area contributed by atoms with Crippen LogP contribution in [0.3, 0.4) is 0 Å². The van der Waals surface area contributed by atoms with Gasteiger partial charge in [0.2, 0.25) is 0 Å². The van der Waals surface area contributed by atoms with E-state index in [0.29, 0.717) is 6.04 Å². The van der Waals surface area contributed by atoms with Gasteiger partial charge in [-0.3, -0.25) is 0 Å². The molecule has 0 aliphatic heterocycles. The largest absolute Gasteiger partial charge is 0.313 e. The van der Waals surface area contributed by atoms with E-state index in [-0.39, 0.29) is 0 Å². The van der Waals surface area contributed by atoms with Crippen LogP contribution < -0.4 is 5.32 Å². The normalized spacial score (nSPS) is 21.2. The molecule has 0 aromatic carbocycles. The summed E-state index contributed by atoms with van der Waals surface area (Å²) in [5.41, 5.74) is 0. The first kappa shape index (κ1) is 16.0. The third-order valence-corrected chi connectivity index (χ3v) is 4.60. The lowest BCUT2D eigenvalue weighted by Gasteiger charge is -2.32. The second-order valence-electron chi connectivity index (χ2n) is 6.27. The van der Waals surface area contributed by atoms with Crippen LogP contribution in [0.4, 0.5) is 0 Å². The molecule has 1 aliphatic carbocycles. The maximum atomic E-state index is 3.66. The summed E-state index contributed by atoms with van der Waals surface area (Å²) in [7, 11) is 2.31. The van der Waals surface area contributed by atoms with E-state index in [4.69, 9.17) is 0 Å². The van der Waals surface area contributed by atoms with E-state index in [1.54, 1.807) is 0 Å². The van der Waals surface area contributed by atoms with Gasteiger partial charge in [0.15, 0.2) is 0 Å². The van der Waals surface area contributed by atoms with Gasteiger partial charge in [0.05, 0.1) is 0 Å². The Bertz CT molecular complexity index is 199. The van der Waals surface area contributed by atoms with Crippen LogP contribution in [0.5, 0.6) is 0 Å². The Labute approximate surface area is 115 Å². The molecule has 108 valence electrons. The van der Waals surface area contributed by atoms with Crippen molar-refractivity contribution in [3.8, 4) is 0 Å². The fourth-order valence-corrected chi connectivity index (χ4v) is 3.21. The first-order chi connectivity index (χ1) is 8.67. The lowest BCUT2D eigenvalue weighted by Crippen LogP contribution is -2.44. The number of rotatable bonds is 8. The van der Waals surface area contributed by atoms with Crippen LogP contribution in [-0.2, 0) is 0 Å². The molecule has 0 aromatic heterocycles. The molecule has 0 aromatic rings. The standard InChI is InChI=1S/C16H34N2/c1-5-14(3)16(17-6-2)13-18(4)12-15-10-8-7-9-11-15/h14-17H,5-13H2,1-4H3. The smallest absolute Gasteiger partial charge is 0.0220 e. The molecule has 1 rings (SSSR count). The SMILES string of the molecule is CCNC(CN(C)CC1CCCCC1)C(C)CC.